The molecule has 0 atom stereocenters. The van der Waals surface area contributed by atoms with Gasteiger partial charge in [-0.15, -0.1) is 0 Å². The number of carbonyl (C=O) groups is 2. The summed E-state index contributed by atoms with van der Waals surface area (Å²) in [6.45, 7) is 16.6. The number of aryl methyl sites for hydroxylation is 4. The molecule has 0 spiro atoms. The second-order valence-electron chi connectivity index (χ2n) is 12.2. The van der Waals surface area contributed by atoms with Crippen molar-refractivity contribution in [2.75, 3.05) is 0 Å². The van der Waals surface area contributed by atoms with E-state index in [0.29, 0.717) is 16.8 Å². The van der Waals surface area contributed by atoms with Crippen molar-refractivity contribution in [1.82, 2.24) is 19.9 Å². The molecule has 4 N–H and O–H groups in total. The van der Waals surface area contributed by atoms with Gasteiger partial charge in [-0.05, 0) is 141 Å². The number of benzene rings is 1. The Morgan fingerprint density at radius 3 is 1.87 bits per heavy atom. The van der Waals surface area contributed by atoms with Crippen LogP contribution in [0.2, 0.25) is 0 Å². The lowest BCUT2D eigenvalue weighted by Gasteiger charge is -2.10. The van der Waals surface area contributed by atoms with Gasteiger partial charge in [0.05, 0.1) is 39.4 Å². The highest BCUT2D eigenvalue weighted by Crippen LogP contribution is 2.41. The number of nitrogens with one attached hydrogen (secondary N) is 2. The van der Waals surface area contributed by atoms with Gasteiger partial charge in [-0.2, -0.15) is 0 Å². The van der Waals surface area contributed by atoms with Crippen molar-refractivity contribution in [2.45, 2.75) is 68.2 Å². The number of H-pyrrole nitrogens is 2. The molecule has 0 radical (unpaired) electrons. The zero-order valence-electron chi connectivity index (χ0n) is 27.5. The van der Waals surface area contributed by atoms with Gasteiger partial charge < -0.3 is 20.2 Å². The molecule has 3 aromatic heterocycles. The molecule has 4 aromatic rings. The summed E-state index contributed by atoms with van der Waals surface area (Å²) in [5, 5.41) is 19.9. The maximum Gasteiger partial charge on any atom is 0.335 e. The van der Waals surface area contributed by atoms with Gasteiger partial charge in [0.2, 0.25) is 0 Å². The van der Waals surface area contributed by atoms with E-state index < -0.39 is 11.9 Å². The molecule has 0 saturated carbocycles. The third-order valence-corrected chi connectivity index (χ3v) is 9.73. The Labute approximate surface area is 267 Å². The van der Waals surface area contributed by atoms with E-state index in [9.17, 15) is 19.8 Å². The number of hydrogen-bond acceptors (Lipinski definition) is 4. The van der Waals surface area contributed by atoms with Crippen LogP contribution in [0.25, 0.3) is 55.5 Å². The molecule has 2 aliphatic heterocycles. The van der Waals surface area contributed by atoms with E-state index in [1.165, 1.54) is 29.3 Å². The topological polar surface area (TPSA) is 132 Å². The van der Waals surface area contributed by atoms with E-state index in [2.05, 4.69) is 56.7 Å². The summed E-state index contributed by atoms with van der Waals surface area (Å²) in [6, 6.07) is 10.6. The Kier molecular flexibility index (Phi) is 7.55. The van der Waals surface area contributed by atoms with Crippen LogP contribution in [0.1, 0.15) is 107 Å². The largest absolute Gasteiger partial charge is 0.478 e. The minimum Gasteiger partial charge on any atom is -0.478 e. The van der Waals surface area contributed by atoms with Gasteiger partial charge in [0.1, 0.15) is 0 Å². The minimum absolute atomic E-state index is 0.107. The maximum atomic E-state index is 12.2. The molecule has 0 saturated heterocycles. The van der Waals surface area contributed by atoms with Crippen LogP contribution in [0.3, 0.4) is 0 Å². The zero-order chi connectivity index (χ0) is 33.2. The Morgan fingerprint density at radius 1 is 0.630 bits per heavy atom. The Hall–Kier alpha value is -5.24. The number of rotatable bonds is 5. The van der Waals surface area contributed by atoms with Gasteiger partial charge in [-0.1, -0.05) is 13.8 Å². The predicted octanol–water partition coefficient (Wildman–Crippen LogP) is 9.16. The number of aromatic amines is 2. The van der Waals surface area contributed by atoms with Gasteiger partial charge >= 0.3 is 11.9 Å². The van der Waals surface area contributed by atoms with Gasteiger partial charge in [0.25, 0.3) is 0 Å². The molecule has 0 aliphatic carbocycles. The molecule has 0 fully saturated rings. The fraction of sp³-hybridized carbons (Fsp3) is 0.263. The first kappa shape index (κ1) is 30.8. The van der Waals surface area contributed by atoms with E-state index in [-0.39, 0.29) is 11.1 Å². The fourth-order valence-corrected chi connectivity index (χ4v) is 6.71. The van der Waals surface area contributed by atoms with E-state index >= 15 is 0 Å². The average Bonchev–Trinajstić information content (AvgIpc) is 3.67. The average molecular weight is 615 g/mol. The molecule has 0 unspecified atom stereocenters. The van der Waals surface area contributed by atoms with Crippen molar-refractivity contribution in [3.63, 3.8) is 0 Å². The van der Waals surface area contributed by atoms with Crippen LogP contribution in [-0.2, 0) is 6.42 Å². The lowest BCUT2D eigenvalue weighted by Crippen LogP contribution is -2.03. The number of hydrogen-bond donors (Lipinski definition) is 4. The molecule has 46 heavy (non-hydrogen) atoms. The van der Waals surface area contributed by atoms with Crippen molar-refractivity contribution in [1.29, 1.82) is 0 Å². The van der Waals surface area contributed by atoms with Crippen LogP contribution in [0.5, 0.6) is 0 Å². The zero-order valence-corrected chi connectivity index (χ0v) is 27.5. The second-order valence-corrected chi connectivity index (χ2v) is 12.2. The van der Waals surface area contributed by atoms with Crippen molar-refractivity contribution in [3.05, 3.63) is 92.6 Å². The molecular weight excluding hydrogens is 576 g/mol. The molecule has 8 bridgehead atoms. The normalized spacial score (nSPS) is 13.1. The fourth-order valence-electron chi connectivity index (χ4n) is 6.71. The SMILES string of the molecule is CCC1=C(C)c2cc3nc(c(-c4cc(C(=O)O)cc(C(=O)O)c4)c4[nH]c(cc5[nH]c(cc1n2)c(CC)c5C)c(C)c4C)C(C)=C3C. The first-order chi connectivity index (χ1) is 21.8. The van der Waals surface area contributed by atoms with Crippen molar-refractivity contribution in [2.24, 2.45) is 0 Å². The highest BCUT2D eigenvalue weighted by atomic mass is 16.4. The van der Waals surface area contributed by atoms with Gasteiger partial charge in [0.15, 0.2) is 0 Å². The maximum absolute atomic E-state index is 12.2. The molecule has 8 nitrogen and oxygen atoms in total. The molecule has 2 aliphatic rings. The summed E-state index contributed by atoms with van der Waals surface area (Å²) in [7, 11) is 0. The van der Waals surface area contributed by atoms with Crippen LogP contribution in [0.15, 0.2) is 36.4 Å². The number of allylic oxidation sites excluding steroid dienone is 4. The molecule has 234 valence electrons. The summed E-state index contributed by atoms with van der Waals surface area (Å²) in [6.07, 6.45) is 1.70. The van der Waals surface area contributed by atoms with Gasteiger partial charge in [-0.25, -0.2) is 19.6 Å². The van der Waals surface area contributed by atoms with Crippen LogP contribution in [0, 0.1) is 20.8 Å². The molecule has 6 rings (SSSR count). The standard InChI is InChI=1S/C38H38N4O4/c1-9-26-21(7)30-14-28-17(3)19(5)35(41-28)34(23-11-24(37(43)44)13-25(12-23)38(45)46)36-20(6)18(4)29(42-36)15-31-22(8)27(10-2)33(40-31)16-32(26)39-30/h11-16,39,41H,9-10H2,1-8H3,(H,43,44)(H,45,46). The van der Waals surface area contributed by atoms with Crippen molar-refractivity contribution >= 4 is 56.3 Å². The molecule has 0 amide bonds. The first-order valence-corrected chi connectivity index (χ1v) is 15.6. The highest BCUT2D eigenvalue weighted by Gasteiger charge is 2.24. The predicted molar refractivity (Wildman–Crippen MR) is 185 cm³/mol. The monoisotopic (exact) mass is 614 g/mol. The highest BCUT2D eigenvalue weighted by molar-refractivity contribution is 6.03. The summed E-state index contributed by atoms with van der Waals surface area (Å²) < 4.78 is 0. The van der Waals surface area contributed by atoms with Crippen LogP contribution < -0.4 is 0 Å². The molecule has 5 heterocycles. The summed E-state index contributed by atoms with van der Waals surface area (Å²) in [4.78, 5) is 41.9. The van der Waals surface area contributed by atoms with Crippen LogP contribution in [-0.4, -0.2) is 42.1 Å². The quantitative estimate of drug-likeness (QED) is 0.177. The number of carboxylic acid groups (broad SMARTS) is 2. The molecule has 8 heteroatoms. The summed E-state index contributed by atoms with van der Waals surface area (Å²) in [5.74, 6) is -2.41. The van der Waals surface area contributed by atoms with E-state index in [4.69, 9.17) is 9.97 Å². The van der Waals surface area contributed by atoms with E-state index in [0.717, 1.165) is 85.4 Å². The number of aromatic carboxylic acids is 2. The number of fused-ring (bicyclic) bond motifs is 8. The first-order valence-electron chi connectivity index (χ1n) is 15.6. The lowest BCUT2D eigenvalue weighted by atomic mass is 9.94. The van der Waals surface area contributed by atoms with Crippen LogP contribution in [0.4, 0.5) is 0 Å². The number of nitrogens with zero attached hydrogens (tertiary/aromatic N) is 2. The summed E-state index contributed by atoms with van der Waals surface area (Å²) >= 11 is 0. The lowest BCUT2D eigenvalue weighted by molar-refractivity contribution is 0.0696. The number of carboxylic acids is 2. The Bertz CT molecular complexity index is 2210. The Morgan fingerprint density at radius 2 is 1.26 bits per heavy atom. The molecule has 1 aromatic carbocycles. The van der Waals surface area contributed by atoms with Gasteiger partial charge in [-0.3, -0.25) is 0 Å². The Balaban J connectivity index is 1.88. The van der Waals surface area contributed by atoms with Gasteiger partial charge in [0, 0.05) is 22.1 Å². The van der Waals surface area contributed by atoms with E-state index in [1.807, 2.05) is 26.8 Å². The van der Waals surface area contributed by atoms with Crippen molar-refractivity contribution < 1.29 is 19.8 Å². The molecular formula is C38H38N4O4. The third-order valence-electron chi connectivity index (χ3n) is 9.73. The van der Waals surface area contributed by atoms with Crippen LogP contribution >= 0.6 is 0 Å². The minimum atomic E-state index is -1.20. The second kappa shape index (κ2) is 11.3. The number of aromatic nitrogens is 4. The van der Waals surface area contributed by atoms with Crippen molar-refractivity contribution in [3.8, 4) is 11.1 Å². The van der Waals surface area contributed by atoms with E-state index in [1.54, 1.807) is 0 Å². The smallest absolute Gasteiger partial charge is 0.335 e. The summed E-state index contributed by atoms with van der Waals surface area (Å²) in [5.41, 5.74) is 16.4. The third kappa shape index (κ3) is 4.85.